The van der Waals surface area contributed by atoms with Gasteiger partial charge in [-0.25, -0.2) is 44.0 Å². The lowest BCUT2D eigenvalue weighted by Gasteiger charge is -2.41. The normalized spacial score (nSPS) is 20.0. The third kappa shape index (κ3) is 3.25. The van der Waals surface area contributed by atoms with Gasteiger partial charge in [-0.05, 0) is 60.7 Å². The van der Waals surface area contributed by atoms with Crippen molar-refractivity contribution >= 4 is 81.9 Å². The second-order valence-electron chi connectivity index (χ2n) is 11.8. The van der Waals surface area contributed by atoms with Gasteiger partial charge >= 0.3 is 5.91 Å². The first-order chi connectivity index (χ1) is 24.2. The third-order valence-corrected chi connectivity index (χ3v) is 8.95. The monoisotopic (exact) mass is 638 g/mol. The molecule has 13 rings (SSSR count). The van der Waals surface area contributed by atoms with Crippen molar-refractivity contribution in [1.29, 1.82) is 0 Å². The Morgan fingerprint density at radius 3 is 1.53 bits per heavy atom. The number of amidine groups is 4. The molecule has 1 spiro atoms. The van der Waals surface area contributed by atoms with Crippen molar-refractivity contribution in [2.75, 3.05) is 0 Å². The summed E-state index contributed by atoms with van der Waals surface area (Å²) in [6.45, 7) is 0. The fourth-order valence-corrected chi connectivity index (χ4v) is 7.09. The molecular weight excluding hydrogens is 620 g/mol. The van der Waals surface area contributed by atoms with Crippen LogP contribution in [0.2, 0.25) is 0 Å². The van der Waals surface area contributed by atoms with Crippen molar-refractivity contribution in [2.45, 2.75) is 5.91 Å². The molecule has 0 aliphatic carbocycles. The Labute approximate surface area is 272 Å². The smallest absolute Gasteiger partial charge is 0.325 e. The molecule has 8 aliphatic heterocycles. The summed E-state index contributed by atoms with van der Waals surface area (Å²) in [7, 11) is 0. The van der Waals surface area contributed by atoms with Crippen LogP contribution < -0.4 is 11.0 Å². The second kappa shape index (κ2) is 8.51. The number of hydrogen-bond donors (Lipinski definition) is 2. The molecule has 0 saturated carbocycles. The molecule has 5 aromatic heterocycles. The van der Waals surface area contributed by atoms with E-state index < -0.39 is 5.91 Å². The van der Waals surface area contributed by atoms with Crippen molar-refractivity contribution in [2.24, 2.45) is 20.0 Å². The zero-order valence-electron chi connectivity index (χ0n) is 25.0. The summed E-state index contributed by atoms with van der Waals surface area (Å²) in [6.07, 6.45) is 15.3. The highest BCUT2D eigenvalue weighted by Gasteiger charge is 2.64. The predicted octanol–water partition coefficient (Wildman–Crippen LogP) is 1.96. The van der Waals surface area contributed by atoms with Crippen LogP contribution in [0.1, 0.15) is 23.3 Å². The molecule has 8 aliphatic rings. The van der Waals surface area contributed by atoms with E-state index in [0.717, 1.165) is 46.0 Å². The number of fused-ring (bicyclic) bond motifs is 8. The molecule has 0 radical (unpaired) electrons. The van der Waals surface area contributed by atoms with Crippen molar-refractivity contribution in [3.8, 4) is 0 Å². The number of H-pyrrole nitrogens is 2. The van der Waals surface area contributed by atoms with E-state index in [-0.39, 0.29) is 0 Å². The molecule has 2 N–H and O–H groups in total. The van der Waals surface area contributed by atoms with Gasteiger partial charge in [0.2, 0.25) is 11.3 Å². The van der Waals surface area contributed by atoms with Gasteiger partial charge in [-0.3, -0.25) is 0 Å². The molecule has 16 nitrogen and oxygen atoms in total. The third-order valence-electron chi connectivity index (χ3n) is 8.95. The van der Waals surface area contributed by atoms with Crippen LogP contribution in [0.5, 0.6) is 0 Å². The number of nitrogens with zero attached hydrogens (tertiary/aromatic N) is 14. The summed E-state index contributed by atoms with van der Waals surface area (Å²) in [4.78, 5) is 52.0. The van der Waals surface area contributed by atoms with E-state index in [4.69, 9.17) is 20.0 Å². The standard InChI is InChI=1S/C17H8N8.C16H10N8/c1-2-10-19-12-5-6-14-21-16-8-7-15-20-13-4-3-11-18-9(1)22(10)17(23(11)13,24(12)14)25(15)16;1-2-10-17-9(1)21-11-3-4-13(18-11)23-15-7-8-16(20-15)24-14-6-5-12(19-14)22-10/h1-8H;1-8H,(H2,17,18,19,20,21,22,23,24)/q+2;. The summed E-state index contributed by atoms with van der Waals surface area (Å²) in [6, 6.07) is 15.5. The lowest BCUT2D eigenvalue weighted by atomic mass is 10.3. The summed E-state index contributed by atoms with van der Waals surface area (Å²) >= 11 is 0. The average Bonchev–Trinajstić information content (AvgIpc) is 3.94. The maximum Gasteiger partial charge on any atom is 0.402 e. The first-order valence-electron chi connectivity index (χ1n) is 15.4. The Balaban J connectivity index is 0.000000113. The first kappa shape index (κ1) is 24.8. The van der Waals surface area contributed by atoms with Gasteiger partial charge < -0.3 is 9.97 Å². The lowest BCUT2D eigenvalue weighted by molar-refractivity contribution is -0.791. The average molecular weight is 639 g/mol. The highest BCUT2D eigenvalue weighted by molar-refractivity contribution is 6.15. The second-order valence-corrected chi connectivity index (χ2v) is 11.8. The molecule has 8 bridgehead atoms. The van der Waals surface area contributed by atoms with Crippen LogP contribution in [0.15, 0.2) is 92.8 Å². The SMILES string of the molecule is C1=CC2=[N+]3C1=NC1=[N+]4C(=Nc5ccc6n5C43n3c(ccc3=N6)=N2)C=C1.C1=Cc2nc1nc1nc(nc3ccc(nc4ccc(n2)[nH]4)[nH]3)C=C1. The van der Waals surface area contributed by atoms with Crippen molar-refractivity contribution < 1.29 is 9.15 Å². The topological polar surface area (TPSA) is 174 Å². The molecule has 0 saturated heterocycles. The van der Waals surface area contributed by atoms with E-state index in [1.165, 1.54) is 0 Å². The minimum atomic E-state index is -0.683. The molecular formula is C33H18N16+2. The molecule has 13 heterocycles. The highest BCUT2D eigenvalue weighted by atomic mass is 15.7. The number of nitrogens with one attached hydrogen (secondary N) is 2. The van der Waals surface area contributed by atoms with Crippen molar-refractivity contribution in [3.63, 3.8) is 0 Å². The first-order valence-corrected chi connectivity index (χ1v) is 15.4. The van der Waals surface area contributed by atoms with E-state index in [2.05, 4.69) is 58.2 Å². The van der Waals surface area contributed by atoms with Gasteiger partial charge in [0.15, 0.2) is 23.3 Å². The van der Waals surface area contributed by atoms with Crippen LogP contribution in [0.3, 0.4) is 0 Å². The Hall–Kier alpha value is -7.36. The Morgan fingerprint density at radius 1 is 0.429 bits per heavy atom. The van der Waals surface area contributed by atoms with E-state index in [0.29, 0.717) is 45.9 Å². The van der Waals surface area contributed by atoms with Crippen LogP contribution >= 0.6 is 0 Å². The maximum atomic E-state index is 4.82. The summed E-state index contributed by atoms with van der Waals surface area (Å²) in [5.41, 5.74) is 4.51. The van der Waals surface area contributed by atoms with Gasteiger partial charge in [0.05, 0.1) is 0 Å². The van der Waals surface area contributed by atoms with Gasteiger partial charge in [0.1, 0.15) is 33.9 Å². The molecule has 0 fully saturated rings. The van der Waals surface area contributed by atoms with Gasteiger partial charge in [-0.15, -0.1) is 9.15 Å². The summed E-state index contributed by atoms with van der Waals surface area (Å²) in [5.74, 6) is 6.90. The zero-order chi connectivity index (χ0) is 31.8. The lowest BCUT2D eigenvalue weighted by Crippen LogP contribution is -2.71. The fourth-order valence-electron chi connectivity index (χ4n) is 7.09. The molecule has 228 valence electrons. The van der Waals surface area contributed by atoms with Crippen LogP contribution in [0.4, 0.5) is 11.6 Å². The molecule has 16 heteroatoms. The molecule has 1 atom stereocenters. The van der Waals surface area contributed by atoms with Gasteiger partial charge in [0.25, 0.3) is 23.3 Å². The zero-order valence-corrected chi connectivity index (χ0v) is 25.0. The van der Waals surface area contributed by atoms with Crippen molar-refractivity contribution in [3.05, 3.63) is 107 Å². The molecule has 0 amide bonds. The molecule has 1 unspecified atom stereocenters. The van der Waals surface area contributed by atoms with Gasteiger partial charge in [-0.1, -0.05) is 15.0 Å². The fraction of sp³-hybridized carbons (Fsp3) is 0.0303. The van der Waals surface area contributed by atoms with E-state index in [1.807, 2.05) is 72.8 Å². The maximum absolute atomic E-state index is 4.82. The molecule has 49 heavy (non-hydrogen) atoms. The Bertz CT molecular complexity index is 2910. The van der Waals surface area contributed by atoms with E-state index in [1.54, 1.807) is 24.3 Å². The summed E-state index contributed by atoms with van der Waals surface area (Å²) < 4.78 is 8.71. The van der Waals surface area contributed by atoms with Gasteiger partial charge in [0, 0.05) is 36.4 Å². The number of hydrogen-bond acceptors (Lipinski definition) is 10. The number of aromatic amines is 2. The van der Waals surface area contributed by atoms with Crippen molar-refractivity contribution in [1.82, 2.24) is 49.0 Å². The molecule has 5 aromatic rings. The Morgan fingerprint density at radius 2 is 0.918 bits per heavy atom. The number of aliphatic imine (C=N–C) groups is 2. The van der Waals surface area contributed by atoms with Crippen LogP contribution in [0, 0.1) is 0 Å². The van der Waals surface area contributed by atoms with Crippen LogP contribution in [-0.4, -0.2) is 81.5 Å². The number of aromatic nitrogens is 10. The van der Waals surface area contributed by atoms with Crippen LogP contribution in [-0.2, 0) is 5.91 Å². The largest absolute Gasteiger partial charge is 0.402 e. The minimum Gasteiger partial charge on any atom is -0.325 e. The highest BCUT2D eigenvalue weighted by Crippen LogP contribution is 2.43. The van der Waals surface area contributed by atoms with E-state index >= 15 is 0 Å². The van der Waals surface area contributed by atoms with Gasteiger partial charge in [-0.2, -0.15) is 0 Å². The summed E-state index contributed by atoms with van der Waals surface area (Å²) in [5, 5.41) is 0. The minimum absolute atomic E-state index is 0.559. The number of rotatable bonds is 0. The Kier molecular flexibility index (Phi) is 4.31. The quantitative estimate of drug-likeness (QED) is 0.240. The molecule has 0 aromatic carbocycles. The van der Waals surface area contributed by atoms with E-state index in [9.17, 15) is 0 Å². The predicted molar refractivity (Wildman–Crippen MR) is 178 cm³/mol. The van der Waals surface area contributed by atoms with Crippen LogP contribution in [0.25, 0.3) is 46.9 Å².